The molecule has 2 heterocycles. The molecule has 1 fully saturated rings. The molecule has 2 aromatic rings. The summed E-state index contributed by atoms with van der Waals surface area (Å²) in [4.78, 5) is 17.4. The predicted molar refractivity (Wildman–Crippen MR) is 108 cm³/mol. The van der Waals surface area contributed by atoms with Gasteiger partial charge in [-0.15, -0.1) is 0 Å². The molecule has 0 N–H and O–H groups in total. The van der Waals surface area contributed by atoms with E-state index in [4.69, 9.17) is 4.74 Å². The van der Waals surface area contributed by atoms with Gasteiger partial charge in [-0.3, -0.25) is 9.69 Å². The Morgan fingerprint density at radius 2 is 1.85 bits per heavy atom. The van der Waals surface area contributed by atoms with E-state index in [9.17, 15) is 4.79 Å². The number of para-hydroxylation sites is 1. The van der Waals surface area contributed by atoms with E-state index in [2.05, 4.69) is 54.3 Å². The Kier molecular flexibility index (Phi) is 5.55. The number of benzene rings is 2. The Morgan fingerprint density at radius 1 is 1.07 bits per heavy atom. The van der Waals surface area contributed by atoms with E-state index >= 15 is 0 Å². The Morgan fingerprint density at radius 3 is 2.70 bits per heavy atom. The summed E-state index contributed by atoms with van der Waals surface area (Å²) in [7, 11) is 0. The normalized spacial score (nSPS) is 23.1. The van der Waals surface area contributed by atoms with E-state index in [0.29, 0.717) is 18.9 Å². The van der Waals surface area contributed by atoms with Crippen LogP contribution in [0.15, 0.2) is 54.6 Å². The van der Waals surface area contributed by atoms with Gasteiger partial charge < -0.3 is 9.64 Å². The minimum absolute atomic E-state index is 0.0264. The Hall–Kier alpha value is -2.17. The van der Waals surface area contributed by atoms with Gasteiger partial charge in [0, 0.05) is 31.9 Å². The van der Waals surface area contributed by atoms with Gasteiger partial charge in [0.25, 0.3) is 0 Å². The van der Waals surface area contributed by atoms with Gasteiger partial charge in [0.15, 0.2) is 0 Å². The van der Waals surface area contributed by atoms with Crippen LogP contribution in [0.4, 0.5) is 5.69 Å². The number of morpholine rings is 1. The highest BCUT2D eigenvalue weighted by Gasteiger charge is 2.29. The van der Waals surface area contributed by atoms with Gasteiger partial charge in [0.1, 0.15) is 0 Å². The predicted octanol–water partition coefficient (Wildman–Crippen LogP) is 3.82. The average Bonchev–Trinajstić information content (AvgIpc) is 2.69. The first-order valence-corrected chi connectivity index (χ1v) is 9.98. The van der Waals surface area contributed by atoms with Crippen molar-refractivity contribution in [3.8, 4) is 0 Å². The van der Waals surface area contributed by atoms with Gasteiger partial charge in [-0.2, -0.15) is 0 Å². The molecule has 0 aliphatic carbocycles. The van der Waals surface area contributed by atoms with Crippen LogP contribution in [-0.4, -0.2) is 43.2 Å². The summed E-state index contributed by atoms with van der Waals surface area (Å²) < 4.78 is 5.93. The van der Waals surface area contributed by atoms with Crippen molar-refractivity contribution in [1.29, 1.82) is 0 Å². The van der Waals surface area contributed by atoms with Crippen molar-refractivity contribution in [1.82, 2.24) is 4.90 Å². The van der Waals surface area contributed by atoms with Crippen LogP contribution in [0.1, 0.15) is 36.8 Å². The number of hydrogen-bond donors (Lipinski definition) is 0. The molecule has 4 nitrogen and oxygen atoms in total. The van der Waals surface area contributed by atoms with E-state index in [1.807, 2.05) is 17.0 Å². The number of fused-ring (bicyclic) bond motifs is 1. The Balaban J connectivity index is 1.39. The van der Waals surface area contributed by atoms with E-state index in [0.717, 1.165) is 38.3 Å². The van der Waals surface area contributed by atoms with Crippen molar-refractivity contribution >= 4 is 11.6 Å². The Labute approximate surface area is 161 Å². The van der Waals surface area contributed by atoms with E-state index in [-0.39, 0.29) is 12.0 Å². The maximum Gasteiger partial charge on any atom is 0.229 e. The molecule has 2 aliphatic rings. The number of carbonyl (C=O) groups excluding carboxylic acids is 1. The fourth-order valence-corrected chi connectivity index (χ4v) is 4.20. The zero-order valence-corrected chi connectivity index (χ0v) is 16.0. The number of amides is 1. The molecule has 1 saturated heterocycles. The molecule has 4 heteroatoms. The van der Waals surface area contributed by atoms with Crippen LogP contribution in [0.5, 0.6) is 0 Å². The van der Waals surface area contributed by atoms with Crippen molar-refractivity contribution in [3.63, 3.8) is 0 Å². The molecule has 0 bridgehead atoms. The maximum absolute atomic E-state index is 13.0. The quantitative estimate of drug-likeness (QED) is 0.827. The summed E-state index contributed by atoms with van der Waals surface area (Å²) in [5, 5.41) is 0. The van der Waals surface area contributed by atoms with Crippen LogP contribution >= 0.6 is 0 Å². The minimum atomic E-state index is -0.0264. The molecule has 0 spiro atoms. The number of ether oxygens (including phenoxy) is 1. The molecule has 0 aromatic heterocycles. The van der Waals surface area contributed by atoms with Gasteiger partial charge >= 0.3 is 0 Å². The molecule has 2 aliphatic heterocycles. The van der Waals surface area contributed by atoms with Crippen molar-refractivity contribution in [2.45, 2.75) is 38.3 Å². The molecule has 0 saturated carbocycles. The lowest BCUT2D eigenvalue weighted by Gasteiger charge is -2.36. The number of anilines is 1. The van der Waals surface area contributed by atoms with Gasteiger partial charge in [-0.05, 0) is 29.5 Å². The fourth-order valence-electron chi connectivity index (χ4n) is 4.20. The highest BCUT2D eigenvalue weighted by molar-refractivity contribution is 5.95. The monoisotopic (exact) mass is 364 g/mol. The molecular formula is C23H28N2O2. The molecule has 1 amide bonds. The maximum atomic E-state index is 13.0. The second-order valence-electron chi connectivity index (χ2n) is 7.71. The highest BCUT2D eigenvalue weighted by atomic mass is 16.5. The molecule has 27 heavy (non-hydrogen) atoms. The van der Waals surface area contributed by atoms with Gasteiger partial charge in [-0.25, -0.2) is 0 Å². The number of carbonyl (C=O) groups is 1. The molecule has 4 rings (SSSR count). The standard InChI is InChI=1S/C23H28N2O2/c1-18-11-12-25(22-10-6-5-9-21(18)22)23(26)15-20-17-24(13-14-27-20)16-19-7-3-2-4-8-19/h2-10,18,20H,11-17H2,1H3. The van der Waals surface area contributed by atoms with Crippen molar-refractivity contribution < 1.29 is 9.53 Å². The van der Waals surface area contributed by atoms with Crippen molar-refractivity contribution in [2.24, 2.45) is 0 Å². The van der Waals surface area contributed by atoms with Crippen LogP contribution in [0, 0.1) is 0 Å². The van der Waals surface area contributed by atoms with Gasteiger partial charge in [-0.1, -0.05) is 55.5 Å². The second-order valence-corrected chi connectivity index (χ2v) is 7.71. The molecule has 142 valence electrons. The third kappa shape index (κ3) is 4.23. The van der Waals surface area contributed by atoms with Crippen LogP contribution in [0.2, 0.25) is 0 Å². The second kappa shape index (κ2) is 8.24. The lowest BCUT2D eigenvalue weighted by atomic mass is 9.91. The first-order valence-electron chi connectivity index (χ1n) is 9.98. The first-order chi connectivity index (χ1) is 13.2. The summed E-state index contributed by atoms with van der Waals surface area (Å²) in [6.07, 6.45) is 1.45. The molecule has 2 aromatic carbocycles. The molecule has 2 atom stereocenters. The van der Waals surface area contributed by atoms with E-state index < -0.39 is 0 Å². The SMILES string of the molecule is CC1CCN(C(=O)CC2CN(Cc3ccccc3)CCO2)c2ccccc21. The zero-order chi connectivity index (χ0) is 18.6. The third-order valence-corrected chi connectivity index (χ3v) is 5.72. The van der Waals surface area contributed by atoms with Crippen LogP contribution in [0.3, 0.4) is 0 Å². The molecule has 2 unspecified atom stereocenters. The van der Waals surface area contributed by atoms with Crippen LogP contribution in [0.25, 0.3) is 0 Å². The molecule has 0 radical (unpaired) electrons. The van der Waals surface area contributed by atoms with Crippen molar-refractivity contribution in [3.05, 3.63) is 65.7 Å². The van der Waals surface area contributed by atoms with Crippen LogP contribution in [-0.2, 0) is 16.1 Å². The fraction of sp³-hybridized carbons (Fsp3) is 0.435. The average molecular weight is 364 g/mol. The summed E-state index contributed by atoms with van der Waals surface area (Å²) in [5.41, 5.74) is 3.67. The number of rotatable bonds is 4. The van der Waals surface area contributed by atoms with Crippen LogP contribution < -0.4 is 4.90 Å². The summed E-state index contributed by atoms with van der Waals surface area (Å²) in [6.45, 7) is 6.39. The van der Waals surface area contributed by atoms with Gasteiger partial charge in [0.05, 0.1) is 19.1 Å². The van der Waals surface area contributed by atoms with Gasteiger partial charge in [0.2, 0.25) is 5.91 Å². The lowest BCUT2D eigenvalue weighted by molar-refractivity contribution is -0.123. The third-order valence-electron chi connectivity index (χ3n) is 5.72. The Bertz CT molecular complexity index is 777. The topological polar surface area (TPSA) is 32.8 Å². The first kappa shape index (κ1) is 18.2. The zero-order valence-electron chi connectivity index (χ0n) is 16.0. The van der Waals surface area contributed by atoms with Crippen molar-refractivity contribution in [2.75, 3.05) is 31.1 Å². The van der Waals surface area contributed by atoms with E-state index in [1.54, 1.807) is 0 Å². The largest absolute Gasteiger partial charge is 0.375 e. The summed E-state index contributed by atoms with van der Waals surface area (Å²) in [6, 6.07) is 18.8. The highest BCUT2D eigenvalue weighted by Crippen LogP contribution is 2.35. The molecular weight excluding hydrogens is 336 g/mol. The minimum Gasteiger partial charge on any atom is -0.375 e. The lowest BCUT2D eigenvalue weighted by Crippen LogP contribution is -2.45. The number of nitrogens with zero attached hydrogens (tertiary/aromatic N) is 2. The van der Waals surface area contributed by atoms with E-state index in [1.165, 1.54) is 11.1 Å². The summed E-state index contributed by atoms with van der Waals surface area (Å²) >= 11 is 0. The number of hydrogen-bond acceptors (Lipinski definition) is 3. The smallest absolute Gasteiger partial charge is 0.229 e. The summed E-state index contributed by atoms with van der Waals surface area (Å²) in [5.74, 6) is 0.693.